The average Bonchev–Trinajstić information content (AvgIpc) is 2.65. The Bertz CT molecular complexity index is 698. The van der Waals surface area contributed by atoms with Crippen LogP contribution in [-0.2, 0) is 9.53 Å². The molecular weight excluding hydrogens is 385 g/mol. The number of piperidine rings is 1. The van der Waals surface area contributed by atoms with Crippen LogP contribution in [0.2, 0.25) is 0 Å². The molecule has 8 heteroatoms. The minimum absolute atomic E-state index is 0.122. The number of likely N-dealkylation sites (tertiary alicyclic amines) is 1. The molecule has 0 radical (unpaired) electrons. The van der Waals surface area contributed by atoms with Crippen LogP contribution in [0.15, 0.2) is 18.2 Å². The molecule has 1 aliphatic rings. The number of halogens is 3. The summed E-state index contributed by atoms with van der Waals surface area (Å²) in [6.45, 7) is 7.06. The number of carbonyl (C=O) groups is 2. The maximum atomic E-state index is 12.9. The van der Waals surface area contributed by atoms with Crippen LogP contribution < -0.4 is 5.32 Å². The van der Waals surface area contributed by atoms with E-state index < -0.39 is 18.9 Å². The summed E-state index contributed by atoms with van der Waals surface area (Å²) in [5.41, 5.74) is 2.98. The van der Waals surface area contributed by atoms with Crippen molar-refractivity contribution in [2.45, 2.75) is 58.5 Å². The lowest BCUT2D eigenvalue weighted by Crippen LogP contribution is -2.42. The molecule has 1 heterocycles. The Labute approximate surface area is 169 Å². The maximum absolute atomic E-state index is 12.9. The summed E-state index contributed by atoms with van der Waals surface area (Å²) in [5, 5.41) is 3.08. The van der Waals surface area contributed by atoms with Crippen LogP contribution in [0.3, 0.4) is 0 Å². The first-order chi connectivity index (χ1) is 13.5. The number of hydrogen-bond donors (Lipinski definition) is 1. The quantitative estimate of drug-likeness (QED) is 0.713. The van der Waals surface area contributed by atoms with Crippen molar-refractivity contribution in [3.8, 4) is 0 Å². The van der Waals surface area contributed by atoms with Gasteiger partial charge in [-0.15, -0.1) is 0 Å². The van der Waals surface area contributed by atoms with E-state index in [2.05, 4.69) is 37.7 Å². The number of nitrogens with zero attached hydrogens (tertiary/aromatic N) is 1. The number of nitrogens with one attached hydrogen (secondary N) is 1. The molecule has 2 rings (SSSR count). The summed E-state index contributed by atoms with van der Waals surface area (Å²) < 4.78 is 40.8. The zero-order chi connectivity index (χ0) is 21.8. The number of rotatable bonds is 5. The largest absolute Gasteiger partial charge is 0.440 e. The molecule has 29 heavy (non-hydrogen) atoms. The van der Waals surface area contributed by atoms with Crippen molar-refractivity contribution in [1.82, 2.24) is 4.90 Å². The normalized spacial score (nSPS) is 15.7. The third-order valence-electron chi connectivity index (χ3n) is 5.10. The lowest BCUT2D eigenvalue weighted by Gasteiger charge is -2.31. The highest BCUT2D eigenvalue weighted by Gasteiger charge is 2.33. The fraction of sp³-hybridized carbons (Fsp3) is 0.619. The second-order valence-electron chi connectivity index (χ2n) is 8.04. The number of hydrogen-bond acceptors (Lipinski definition) is 3. The van der Waals surface area contributed by atoms with Gasteiger partial charge in [-0.2, -0.15) is 13.2 Å². The van der Waals surface area contributed by atoms with Gasteiger partial charge in [0.05, 0.1) is 0 Å². The Hall–Kier alpha value is -2.25. The third kappa shape index (κ3) is 6.37. The maximum Gasteiger partial charge on any atom is 0.422 e. The Kier molecular flexibility index (Phi) is 7.54. The highest BCUT2D eigenvalue weighted by Crippen LogP contribution is 2.33. The van der Waals surface area contributed by atoms with Crippen LogP contribution >= 0.6 is 0 Å². The molecule has 1 fully saturated rings. The molecular formula is C21H29F3N2O3. The van der Waals surface area contributed by atoms with E-state index in [4.69, 9.17) is 0 Å². The molecule has 0 unspecified atom stereocenters. The van der Waals surface area contributed by atoms with Gasteiger partial charge in [0.1, 0.15) is 0 Å². The predicted molar refractivity (Wildman–Crippen MR) is 105 cm³/mol. The first kappa shape index (κ1) is 23.0. The van der Waals surface area contributed by atoms with Crippen LogP contribution in [0.5, 0.6) is 0 Å². The number of amides is 2. The van der Waals surface area contributed by atoms with Gasteiger partial charge < -0.3 is 15.0 Å². The summed E-state index contributed by atoms with van der Waals surface area (Å²) >= 11 is 0. The first-order valence-corrected chi connectivity index (χ1v) is 9.91. The first-order valence-electron chi connectivity index (χ1n) is 9.91. The average molecular weight is 414 g/mol. The fourth-order valence-electron chi connectivity index (χ4n) is 3.48. The van der Waals surface area contributed by atoms with E-state index in [1.807, 2.05) is 18.2 Å². The smallest absolute Gasteiger partial charge is 0.422 e. The molecule has 1 saturated heterocycles. The summed E-state index contributed by atoms with van der Waals surface area (Å²) in [4.78, 5) is 25.8. The lowest BCUT2D eigenvalue weighted by molar-refractivity contribution is -0.162. The van der Waals surface area contributed by atoms with Crippen molar-refractivity contribution in [2.24, 2.45) is 5.92 Å². The minimum Gasteiger partial charge on any atom is -0.440 e. The molecule has 0 bridgehead atoms. The summed E-state index contributed by atoms with van der Waals surface area (Å²) in [6, 6.07) is 6.00. The number of benzene rings is 1. The second-order valence-corrected chi connectivity index (χ2v) is 8.04. The fourth-order valence-corrected chi connectivity index (χ4v) is 3.48. The van der Waals surface area contributed by atoms with Gasteiger partial charge in [-0.3, -0.25) is 4.79 Å². The Morgan fingerprint density at radius 2 is 1.62 bits per heavy atom. The summed E-state index contributed by atoms with van der Waals surface area (Å²) in [5.74, 6) is 0.0636. The standard InChI is InChI=1S/C21H29F3N2O3/c1-13(2)16-6-5-7-17(14(3)4)18(16)25-19(27)15-8-10-26(11-9-15)20(28)29-12-21(22,23)24/h5-7,13-15H,8-12H2,1-4H3,(H,25,27). The van der Waals surface area contributed by atoms with Gasteiger partial charge in [-0.25, -0.2) is 4.79 Å². The summed E-state index contributed by atoms with van der Waals surface area (Å²) in [7, 11) is 0. The van der Waals surface area contributed by atoms with Crippen LogP contribution in [0.25, 0.3) is 0 Å². The molecule has 0 atom stereocenters. The second kappa shape index (κ2) is 9.50. The zero-order valence-electron chi connectivity index (χ0n) is 17.3. The van der Waals surface area contributed by atoms with E-state index in [9.17, 15) is 22.8 Å². The number of ether oxygens (including phenoxy) is 1. The molecule has 1 N–H and O–H groups in total. The predicted octanol–water partition coefficient (Wildman–Crippen LogP) is 5.28. The van der Waals surface area contributed by atoms with Gasteiger partial charge in [0.25, 0.3) is 0 Å². The molecule has 0 saturated carbocycles. The SMILES string of the molecule is CC(C)c1cccc(C(C)C)c1NC(=O)C1CCN(C(=O)OCC(F)(F)F)CC1. The Morgan fingerprint density at radius 3 is 2.07 bits per heavy atom. The molecule has 5 nitrogen and oxygen atoms in total. The highest BCUT2D eigenvalue weighted by molar-refractivity contribution is 5.94. The zero-order valence-corrected chi connectivity index (χ0v) is 17.3. The van der Waals surface area contributed by atoms with Gasteiger partial charge >= 0.3 is 12.3 Å². The Balaban J connectivity index is 2.00. The highest BCUT2D eigenvalue weighted by atomic mass is 19.4. The van der Waals surface area contributed by atoms with Gasteiger partial charge in [0.15, 0.2) is 6.61 Å². The van der Waals surface area contributed by atoms with Gasteiger partial charge in [0, 0.05) is 24.7 Å². The van der Waals surface area contributed by atoms with Crippen LogP contribution in [-0.4, -0.2) is 42.8 Å². The van der Waals surface area contributed by atoms with E-state index in [0.29, 0.717) is 12.8 Å². The van der Waals surface area contributed by atoms with Gasteiger partial charge in [-0.05, 0) is 35.8 Å². The number of anilines is 1. The molecule has 2 amide bonds. The molecule has 162 valence electrons. The monoisotopic (exact) mass is 414 g/mol. The van der Waals surface area contributed by atoms with Crippen molar-refractivity contribution in [3.05, 3.63) is 29.3 Å². The van der Waals surface area contributed by atoms with Crippen LogP contribution in [0, 0.1) is 5.92 Å². The van der Waals surface area contributed by atoms with E-state index in [-0.39, 0.29) is 36.8 Å². The van der Waals surface area contributed by atoms with Crippen LogP contribution in [0.1, 0.15) is 63.5 Å². The van der Waals surface area contributed by atoms with Crippen molar-refractivity contribution in [3.63, 3.8) is 0 Å². The minimum atomic E-state index is -4.55. The number of carbonyl (C=O) groups excluding carboxylic acids is 2. The lowest BCUT2D eigenvalue weighted by atomic mass is 9.91. The van der Waals surface area contributed by atoms with E-state index >= 15 is 0 Å². The molecule has 1 aliphatic heterocycles. The molecule has 0 spiro atoms. The molecule has 1 aromatic carbocycles. The van der Waals surface area contributed by atoms with E-state index in [1.165, 1.54) is 4.90 Å². The van der Waals surface area contributed by atoms with Gasteiger partial charge in [0.2, 0.25) is 5.91 Å². The van der Waals surface area contributed by atoms with Gasteiger partial charge in [-0.1, -0.05) is 45.9 Å². The molecule has 0 aliphatic carbocycles. The van der Waals surface area contributed by atoms with E-state index in [1.54, 1.807) is 0 Å². The number of para-hydroxylation sites is 1. The summed E-state index contributed by atoms with van der Waals surface area (Å²) in [6.07, 6.45) is -4.78. The molecule has 1 aromatic rings. The van der Waals surface area contributed by atoms with Crippen molar-refractivity contribution < 1.29 is 27.5 Å². The topological polar surface area (TPSA) is 58.6 Å². The molecule has 0 aromatic heterocycles. The third-order valence-corrected chi connectivity index (χ3v) is 5.10. The van der Waals surface area contributed by atoms with Crippen molar-refractivity contribution in [1.29, 1.82) is 0 Å². The van der Waals surface area contributed by atoms with Crippen LogP contribution in [0.4, 0.5) is 23.7 Å². The van der Waals surface area contributed by atoms with Crippen molar-refractivity contribution >= 4 is 17.7 Å². The number of alkyl halides is 3. The Morgan fingerprint density at radius 1 is 1.10 bits per heavy atom. The van der Waals surface area contributed by atoms with E-state index in [0.717, 1.165) is 16.8 Å². The van der Waals surface area contributed by atoms with Crippen molar-refractivity contribution in [2.75, 3.05) is 25.0 Å².